The molecule has 0 radical (unpaired) electrons. The Morgan fingerprint density at radius 3 is 2.58 bits per heavy atom. The highest BCUT2D eigenvalue weighted by Crippen LogP contribution is 2.19. The molecule has 3 N–H and O–H groups in total. The van der Waals surface area contributed by atoms with Crippen LogP contribution in [0.4, 0.5) is 4.39 Å². The van der Waals surface area contributed by atoms with Crippen LogP contribution in [0.1, 0.15) is 24.3 Å². The summed E-state index contributed by atoms with van der Waals surface area (Å²) in [5, 5.41) is 4.99. The first-order valence-corrected chi connectivity index (χ1v) is 11.7. The van der Waals surface area contributed by atoms with Crippen LogP contribution in [0.5, 0.6) is 0 Å². The summed E-state index contributed by atoms with van der Waals surface area (Å²) in [6.07, 6.45) is 1.66. The number of aromatic nitrogens is 1. The van der Waals surface area contributed by atoms with Crippen molar-refractivity contribution in [3.8, 4) is 0 Å². The van der Waals surface area contributed by atoms with Crippen LogP contribution in [0, 0.1) is 11.7 Å². The Morgan fingerprint density at radius 2 is 1.94 bits per heavy atom. The van der Waals surface area contributed by atoms with Gasteiger partial charge in [0.25, 0.3) is 5.91 Å². The van der Waals surface area contributed by atoms with E-state index in [0.717, 1.165) is 46.2 Å². The molecule has 0 aliphatic carbocycles. The molecule has 1 aliphatic heterocycles. The average molecular weight is 469 g/mol. The predicted molar refractivity (Wildman–Crippen MR) is 110 cm³/mol. The van der Waals surface area contributed by atoms with Crippen LogP contribution in [-0.4, -0.2) is 42.5 Å². The smallest absolute Gasteiger partial charge is 0.289 e. The van der Waals surface area contributed by atoms with E-state index in [1.165, 1.54) is 0 Å². The van der Waals surface area contributed by atoms with Gasteiger partial charge < -0.3 is 10.6 Å². The summed E-state index contributed by atoms with van der Waals surface area (Å²) in [7, 11) is -4.13. The van der Waals surface area contributed by atoms with Crippen molar-refractivity contribution in [1.82, 2.24) is 19.7 Å². The Labute approximate surface area is 182 Å². The zero-order valence-electron chi connectivity index (χ0n) is 16.7. The maximum atomic E-state index is 13.1. The van der Waals surface area contributed by atoms with Gasteiger partial charge in [-0.3, -0.25) is 14.4 Å². The van der Waals surface area contributed by atoms with E-state index in [0.29, 0.717) is 0 Å². The van der Waals surface area contributed by atoms with E-state index >= 15 is 0 Å². The molecule has 0 fully saturated rings. The molecule has 2 heterocycles. The Hall–Kier alpha value is -2.70. The zero-order chi connectivity index (χ0) is 22.8. The number of nitrogens with one attached hydrogen (secondary N) is 3. The van der Waals surface area contributed by atoms with Crippen LogP contribution in [0.15, 0.2) is 35.4 Å². The second-order valence-electron chi connectivity index (χ2n) is 7.38. The highest BCUT2D eigenvalue weighted by Gasteiger charge is 2.35. The van der Waals surface area contributed by atoms with Crippen LogP contribution in [0.3, 0.4) is 0 Å². The van der Waals surface area contributed by atoms with Gasteiger partial charge in [-0.05, 0) is 41.7 Å². The van der Waals surface area contributed by atoms with Gasteiger partial charge >= 0.3 is 0 Å². The SMILES string of the molecule is CC(C)C(NS(=O)(=O)c1ccc(F)cc1)C(=O)NC1Cc2sncc2CNC(=O)C1=O. The van der Waals surface area contributed by atoms with Crippen LogP contribution in [-0.2, 0) is 37.4 Å². The minimum absolute atomic E-state index is 0.0769. The average Bonchev–Trinajstić information content (AvgIpc) is 3.15. The maximum absolute atomic E-state index is 13.1. The van der Waals surface area contributed by atoms with E-state index in [9.17, 15) is 27.2 Å². The summed E-state index contributed by atoms with van der Waals surface area (Å²) in [5.74, 6) is -3.49. The van der Waals surface area contributed by atoms with E-state index < -0.39 is 51.4 Å². The minimum Gasteiger partial charge on any atom is -0.345 e. The molecule has 1 aromatic heterocycles. The van der Waals surface area contributed by atoms with Crippen LogP contribution >= 0.6 is 11.5 Å². The molecule has 166 valence electrons. The molecule has 2 amide bonds. The Bertz CT molecular complexity index is 1100. The molecule has 12 heteroatoms. The number of sulfonamides is 1. The number of nitrogens with zero attached hydrogens (tertiary/aromatic N) is 1. The molecule has 31 heavy (non-hydrogen) atoms. The van der Waals surface area contributed by atoms with Gasteiger partial charge in [0.1, 0.15) is 17.9 Å². The van der Waals surface area contributed by atoms with Crippen molar-refractivity contribution in [2.24, 2.45) is 5.92 Å². The van der Waals surface area contributed by atoms with Crippen molar-refractivity contribution in [1.29, 1.82) is 0 Å². The first-order valence-electron chi connectivity index (χ1n) is 9.41. The number of benzene rings is 1. The van der Waals surface area contributed by atoms with Crippen LogP contribution in [0.25, 0.3) is 0 Å². The summed E-state index contributed by atoms with van der Waals surface area (Å²) in [6, 6.07) is 1.78. The van der Waals surface area contributed by atoms with Crippen molar-refractivity contribution in [2.75, 3.05) is 0 Å². The number of rotatable bonds is 6. The first kappa shape index (κ1) is 23.0. The van der Waals surface area contributed by atoms with Crippen molar-refractivity contribution < 1.29 is 27.2 Å². The van der Waals surface area contributed by atoms with E-state index in [1.54, 1.807) is 20.0 Å². The van der Waals surface area contributed by atoms with E-state index in [2.05, 4.69) is 19.7 Å². The third-order valence-electron chi connectivity index (χ3n) is 4.77. The molecule has 3 rings (SSSR count). The van der Waals surface area contributed by atoms with Gasteiger partial charge in [-0.2, -0.15) is 4.72 Å². The molecule has 2 atom stereocenters. The van der Waals surface area contributed by atoms with Gasteiger partial charge in [-0.15, -0.1) is 0 Å². The molecule has 0 spiro atoms. The monoisotopic (exact) mass is 468 g/mol. The zero-order valence-corrected chi connectivity index (χ0v) is 18.3. The summed E-state index contributed by atoms with van der Waals surface area (Å²) < 4.78 is 44.8. The van der Waals surface area contributed by atoms with Gasteiger partial charge in [0.2, 0.25) is 21.7 Å². The topological polar surface area (TPSA) is 134 Å². The van der Waals surface area contributed by atoms with Gasteiger partial charge in [0, 0.05) is 29.6 Å². The van der Waals surface area contributed by atoms with E-state index in [4.69, 9.17) is 0 Å². The number of Topliss-reactive ketones (excluding diaryl/α,β-unsaturated/α-hetero) is 1. The fourth-order valence-electron chi connectivity index (χ4n) is 3.02. The lowest BCUT2D eigenvalue weighted by Crippen LogP contribution is -2.56. The number of hydrogen-bond donors (Lipinski definition) is 3. The fraction of sp³-hybridized carbons (Fsp3) is 0.368. The summed E-state index contributed by atoms with van der Waals surface area (Å²) in [6.45, 7) is 3.43. The molecule has 1 aliphatic rings. The molecule has 1 aromatic carbocycles. The van der Waals surface area contributed by atoms with Crippen molar-refractivity contribution in [3.05, 3.63) is 46.7 Å². The second kappa shape index (κ2) is 9.20. The molecule has 0 saturated carbocycles. The third kappa shape index (κ3) is 5.32. The fourth-order valence-corrected chi connectivity index (χ4v) is 5.15. The van der Waals surface area contributed by atoms with E-state index in [1.807, 2.05) is 0 Å². The molecule has 0 saturated heterocycles. The number of halogens is 1. The maximum Gasteiger partial charge on any atom is 0.289 e. The van der Waals surface area contributed by atoms with Gasteiger partial charge in [-0.1, -0.05) is 13.8 Å². The largest absolute Gasteiger partial charge is 0.345 e. The third-order valence-corrected chi connectivity index (χ3v) is 7.09. The molecule has 2 aromatic rings. The van der Waals surface area contributed by atoms with Gasteiger partial charge in [0.15, 0.2) is 0 Å². The van der Waals surface area contributed by atoms with Crippen molar-refractivity contribution >= 4 is 39.2 Å². The highest BCUT2D eigenvalue weighted by molar-refractivity contribution is 7.89. The molecular weight excluding hydrogens is 447 g/mol. The quantitative estimate of drug-likeness (QED) is 0.529. The van der Waals surface area contributed by atoms with Crippen LogP contribution < -0.4 is 15.4 Å². The second-order valence-corrected chi connectivity index (χ2v) is 9.98. The number of hydrogen-bond acceptors (Lipinski definition) is 7. The van der Waals surface area contributed by atoms with Crippen molar-refractivity contribution in [2.45, 2.75) is 43.8 Å². The Morgan fingerprint density at radius 1 is 1.26 bits per heavy atom. The lowest BCUT2D eigenvalue weighted by molar-refractivity contribution is -0.140. The van der Waals surface area contributed by atoms with Crippen molar-refractivity contribution in [3.63, 3.8) is 0 Å². The first-order chi connectivity index (χ1) is 14.6. The molecule has 9 nitrogen and oxygen atoms in total. The standard InChI is InChI=1S/C19H21FN4O5S2/c1-10(2)16(24-31(28,29)13-5-3-12(20)4-6-13)18(26)23-14-7-15-11(9-22-30-15)8-21-19(27)17(14)25/h3-6,9-10,14,16,24H,7-8H2,1-2H3,(H,21,27)(H,23,26). The van der Waals surface area contributed by atoms with Gasteiger partial charge in [0.05, 0.1) is 4.90 Å². The number of amides is 2. The van der Waals surface area contributed by atoms with Gasteiger partial charge in [-0.25, -0.2) is 17.2 Å². The lowest BCUT2D eigenvalue weighted by atomic mass is 10.00. The summed E-state index contributed by atoms with van der Waals surface area (Å²) in [5.41, 5.74) is 0.752. The molecular formula is C19H21FN4O5S2. The number of carbonyl (C=O) groups is 3. The van der Waals surface area contributed by atoms with E-state index in [-0.39, 0.29) is 17.9 Å². The molecule has 2 unspecified atom stereocenters. The minimum atomic E-state index is -4.13. The Balaban J connectivity index is 1.80. The number of carbonyl (C=O) groups excluding carboxylic acids is 3. The Kier molecular flexibility index (Phi) is 6.82. The number of ketones is 1. The molecule has 0 bridgehead atoms. The predicted octanol–water partition coefficient (Wildman–Crippen LogP) is 0.511. The summed E-state index contributed by atoms with van der Waals surface area (Å²) in [4.78, 5) is 38.0. The summed E-state index contributed by atoms with van der Waals surface area (Å²) >= 11 is 1.16. The highest BCUT2D eigenvalue weighted by atomic mass is 32.2. The normalized spacial score (nSPS) is 18.0. The number of fused-ring (bicyclic) bond motifs is 1. The lowest BCUT2D eigenvalue weighted by Gasteiger charge is -2.25. The van der Waals surface area contributed by atoms with Crippen LogP contribution in [0.2, 0.25) is 0 Å².